The number of halogens is 1. The van der Waals surface area contributed by atoms with Crippen molar-refractivity contribution < 1.29 is 22.8 Å². The van der Waals surface area contributed by atoms with E-state index in [0.717, 1.165) is 5.41 Å². The van der Waals surface area contributed by atoms with Crippen LogP contribution in [0.25, 0.3) is 6.08 Å². The maximum Gasteiger partial charge on any atom is 0.322 e. The molecule has 1 aromatic rings. The van der Waals surface area contributed by atoms with Gasteiger partial charge in [0.15, 0.2) is 5.66 Å². The lowest BCUT2D eigenvalue weighted by molar-refractivity contribution is -0.143. The number of carbonyl (C=O) groups is 3. The fourth-order valence-corrected chi connectivity index (χ4v) is 8.16. The molecule has 0 aromatic carbocycles. The van der Waals surface area contributed by atoms with Gasteiger partial charge in [-0.2, -0.15) is 4.31 Å². The van der Waals surface area contributed by atoms with E-state index in [4.69, 9.17) is 11.6 Å². The topological polar surface area (TPSA) is 102 Å². The highest BCUT2D eigenvalue weighted by atomic mass is 35.5. The SMILES string of the molecule is CCC(=O)N1CCC2(CC1)CN1C(=O)CN(S(=O)(=O)/C=C/c3ccc(Cl)s3)CC13CN(C)C(=O)N23. The van der Waals surface area contributed by atoms with Gasteiger partial charge in [0, 0.05) is 43.4 Å². The van der Waals surface area contributed by atoms with Crippen molar-refractivity contribution in [2.45, 2.75) is 37.4 Å². The lowest BCUT2D eigenvalue weighted by atomic mass is 9.86. The van der Waals surface area contributed by atoms with E-state index in [-0.39, 0.29) is 37.5 Å². The fraction of sp³-hybridized carbons (Fsp3) is 0.591. The molecule has 2 spiro atoms. The Morgan fingerprint density at radius 2 is 1.89 bits per heavy atom. The first-order valence-corrected chi connectivity index (χ1v) is 14.3. The summed E-state index contributed by atoms with van der Waals surface area (Å²) in [5.74, 6) is -0.244. The van der Waals surface area contributed by atoms with Crippen molar-refractivity contribution in [1.82, 2.24) is 23.9 Å². The van der Waals surface area contributed by atoms with E-state index < -0.39 is 21.2 Å². The number of carbonyl (C=O) groups excluding carboxylic acids is 3. The van der Waals surface area contributed by atoms with Crippen LogP contribution in [0.1, 0.15) is 31.1 Å². The van der Waals surface area contributed by atoms with Gasteiger partial charge in [-0.3, -0.25) is 14.5 Å². The van der Waals surface area contributed by atoms with Crippen LogP contribution in [-0.4, -0.2) is 108 Å². The van der Waals surface area contributed by atoms with Gasteiger partial charge >= 0.3 is 6.03 Å². The lowest BCUT2D eigenvalue weighted by Gasteiger charge is -2.47. The summed E-state index contributed by atoms with van der Waals surface area (Å²) in [5.41, 5.74) is -1.68. The third-order valence-corrected chi connectivity index (χ3v) is 10.3. The number of thiophene rings is 1. The zero-order chi connectivity index (χ0) is 25.2. The van der Waals surface area contributed by atoms with Gasteiger partial charge in [0.05, 0.1) is 29.5 Å². The largest absolute Gasteiger partial charge is 0.343 e. The van der Waals surface area contributed by atoms with E-state index in [1.54, 1.807) is 38.8 Å². The normalized spacial score (nSPS) is 26.8. The zero-order valence-corrected chi connectivity index (χ0v) is 22.0. The molecule has 13 heteroatoms. The summed E-state index contributed by atoms with van der Waals surface area (Å²) in [6, 6.07) is 3.21. The van der Waals surface area contributed by atoms with Crippen molar-refractivity contribution in [2.75, 3.05) is 46.3 Å². The molecule has 35 heavy (non-hydrogen) atoms. The van der Waals surface area contributed by atoms with E-state index in [9.17, 15) is 22.8 Å². The maximum absolute atomic E-state index is 13.4. The fourth-order valence-electron chi connectivity index (χ4n) is 5.95. The van der Waals surface area contributed by atoms with E-state index in [2.05, 4.69) is 0 Å². The number of hydrogen-bond donors (Lipinski definition) is 0. The van der Waals surface area contributed by atoms with Crippen LogP contribution in [0, 0.1) is 0 Å². The second-order valence-electron chi connectivity index (χ2n) is 9.65. The Balaban J connectivity index is 1.45. The molecule has 4 aliphatic rings. The monoisotopic (exact) mass is 541 g/mol. The number of sulfonamides is 1. The molecule has 0 radical (unpaired) electrons. The molecule has 5 heterocycles. The molecule has 0 aliphatic carbocycles. The molecule has 5 rings (SSSR count). The van der Waals surface area contributed by atoms with E-state index >= 15 is 0 Å². The van der Waals surface area contributed by atoms with Crippen LogP contribution in [0.2, 0.25) is 4.34 Å². The van der Waals surface area contributed by atoms with Gasteiger partial charge in [-0.25, -0.2) is 13.2 Å². The third-order valence-electron chi connectivity index (χ3n) is 7.60. The number of piperidine rings is 1. The molecule has 190 valence electrons. The van der Waals surface area contributed by atoms with Crippen LogP contribution in [0.3, 0.4) is 0 Å². The second kappa shape index (κ2) is 8.46. The molecule has 1 aromatic heterocycles. The van der Waals surface area contributed by atoms with E-state index in [1.807, 2.05) is 6.92 Å². The first-order valence-electron chi connectivity index (χ1n) is 11.6. The Kier molecular flexibility index (Phi) is 5.93. The highest BCUT2D eigenvalue weighted by Gasteiger charge is 2.69. The molecule has 1 unspecified atom stereocenters. The van der Waals surface area contributed by atoms with Crippen molar-refractivity contribution in [3.63, 3.8) is 0 Å². The molecule has 4 amide bonds. The van der Waals surface area contributed by atoms with Gasteiger partial charge in [0.2, 0.25) is 21.8 Å². The van der Waals surface area contributed by atoms with Gasteiger partial charge in [0.25, 0.3) is 0 Å². The molecule has 4 fully saturated rings. The summed E-state index contributed by atoms with van der Waals surface area (Å²) in [6.07, 6.45) is 3.00. The molecule has 10 nitrogen and oxygen atoms in total. The summed E-state index contributed by atoms with van der Waals surface area (Å²) >= 11 is 7.20. The van der Waals surface area contributed by atoms with Crippen molar-refractivity contribution in [3.8, 4) is 0 Å². The molecular weight excluding hydrogens is 514 g/mol. The molecule has 1 atom stereocenters. The highest BCUT2D eigenvalue weighted by molar-refractivity contribution is 7.92. The average molecular weight is 542 g/mol. The number of amides is 4. The number of nitrogens with zero attached hydrogens (tertiary/aromatic N) is 5. The number of likely N-dealkylation sites (N-methyl/N-ethyl adjacent to an activating group) is 1. The number of likely N-dealkylation sites (tertiary alicyclic amines) is 1. The standard InChI is InChI=1S/C22H28ClN5O5S2/c1-3-18(29)25-9-7-21(8-10-25)13-27-19(30)12-26(15-22(27)14-24(2)20(31)28(21)22)35(32,33)11-6-16-4-5-17(23)34-16/h4-6,11H,3,7-10,12-15H2,1-2H3/b11-6+. The summed E-state index contributed by atoms with van der Waals surface area (Å²) < 4.78 is 28.2. The average Bonchev–Trinajstić information content (AvgIpc) is 3.43. The molecule has 0 bridgehead atoms. The van der Waals surface area contributed by atoms with Gasteiger partial charge in [-0.05, 0) is 31.1 Å². The summed E-state index contributed by atoms with van der Waals surface area (Å²) in [7, 11) is -2.25. The Hall–Kier alpha value is -2.15. The predicted octanol–water partition coefficient (Wildman–Crippen LogP) is 1.69. The van der Waals surface area contributed by atoms with Crippen molar-refractivity contribution in [2.24, 2.45) is 0 Å². The van der Waals surface area contributed by atoms with Crippen molar-refractivity contribution in [3.05, 3.63) is 26.8 Å². The third kappa shape index (κ3) is 3.85. The van der Waals surface area contributed by atoms with Gasteiger partial charge in [-0.1, -0.05) is 18.5 Å². The Morgan fingerprint density at radius 3 is 2.51 bits per heavy atom. The minimum Gasteiger partial charge on any atom is -0.343 e. The molecule has 4 saturated heterocycles. The minimum absolute atomic E-state index is 0.00600. The van der Waals surface area contributed by atoms with Crippen LogP contribution >= 0.6 is 22.9 Å². The Bertz CT molecular complexity index is 1210. The number of rotatable bonds is 4. The first kappa shape index (κ1) is 24.5. The summed E-state index contributed by atoms with van der Waals surface area (Å²) in [4.78, 5) is 46.5. The predicted molar refractivity (Wildman–Crippen MR) is 132 cm³/mol. The molecular formula is C22H28ClN5O5S2. The van der Waals surface area contributed by atoms with Crippen molar-refractivity contribution in [1.29, 1.82) is 0 Å². The zero-order valence-electron chi connectivity index (χ0n) is 19.6. The maximum atomic E-state index is 13.4. The van der Waals surface area contributed by atoms with Crippen LogP contribution in [0.15, 0.2) is 17.5 Å². The Morgan fingerprint density at radius 1 is 1.17 bits per heavy atom. The van der Waals surface area contributed by atoms with E-state index in [0.29, 0.717) is 48.1 Å². The second-order valence-corrected chi connectivity index (χ2v) is 13.2. The number of piperazine rings is 1. The van der Waals surface area contributed by atoms with Gasteiger partial charge in [-0.15, -0.1) is 11.3 Å². The number of hydrogen-bond acceptors (Lipinski definition) is 6. The quantitative estimate of drug-likeness (QED) is 0.577. The van der Waals surface area contributed by atoms with Crippen LogP contribution in [0.4, 0.5) is 4.79 Å². The van der Waals surface area contributed by atoms with Gasteiger partial charge in [0.1, 0.15) is 0 Å². The van der Waals surface area contributed by atoms with Crippen LogP contribution < -0.4 is 0 Å². The van der Waals surface area contributed by atoms with Crippen molar-refractivity contribution >= 4 is 56.9 Å². The van der Waals surface area contributed by atoms with E-state index in [1.165, 1.54) is 21.7 Å². The first-order chi connectivity index (χ1) is 16.5. The smallest absolute Gasteiger partial charge is 0.322 e. The molecule has 0 N–H and O–H groups in total. The number of fused-ring (bicyclic) bond motifs is 1. The molecule has 0 saturated carbocycles. The summed E-state index contributed by atoms with van der Waals surface area (Å²) in [6.45, 7) is 3.16. The number of urea groups is 1. The van der Waals surface area contributed by atoms with Gasteiger partial charge < -0.3 is 14.7 Å². The lowest BCUT2D eigenvalue weighted by Crippen LogP contribution is -2.68. The van der Waals surface area contributed by atoms with Crippen LogP contribution in [-0.2, 0) is 19.6 Å². The van der Waals surface area contributed by atoms with Crippen LogP contribution in [0.5, 0.6) is 0 Å². The highest BCUT2D eigenvalue weighted by Crippen LogP contribution is 2.49. The minimum atomic E-state index is -3.93. The molecule has 4 aliphatic heterocycles. The Labute approximate surface area is 213 Å². The summed E-state index contributed by atoms with van der Waals surface area (Å²) in [5, 5.41) is 1.10.